The van der Waals surface area contributed by atoms with E-state index in [0.29, 0.717) is 0 Å². The van der Waals surface area contributed by atoms with Crippen molar-refractivity contribution in [2.24, 2.45) is 0 Å². The molecule has 0 aliphatic carbocycles. The Kier molecular flexibility index (Phi) is 5.98. The standard InChI is InChI=1S/C16H18N2O7S/c1-3-24-15(20)11-8-17-16(21)18-12(11)9-25-14(19)10-6-4-5-7-13(10)26(2,22)23/h4-7H,3,8-9H2,1-2H3,(H2,17,18,21). The Labute approximate surface area is 150 Å². The largest absolute Gasteiger partial charge is 0.463 e. The molecule has 0 aromatic heterocycles. The number of sulfone groups is 1. The Morgan fingerprint density at radius 2 is 1.85 bits per heavy atom. The second-order valence-corrected chi connectivity index (χ2v) is 7.31. The molecule has 0 radical (unpaired) electrons. The summed E-state index contributed by atoms with van der Waals surface area (Å²) in [4.78, 5) is 35.5. The number of esters is 2. The lowest BCUT2D eigenvalue weighted by molar-refractivity contribution is -0.138. The van der Waals surface area contributed by atoms with Crippen LogP contribution in [0.3, 0.4) is 0 Å². The predicted molar refractivity (Wildman–Crippen MR) is 90.0 cm³/mol. The van der Waals surface area contributed by atoms with E-state index in [-0.39, 0.29) is 34.9 Å². The number of urea groups is 1. The van der Waals surface area contributed by atoms with E-state index >= 15 is 0 Å². The third-order valence-corrected chi connectivity index (χ3v) is 4.59. The molecule has 1 aliphatic heterocycles. The molecule has 2 rings (SSSR count). The van der Waals surface area contributed by atoms with E-state index in [1.165, 1.54) is 24.3 Å². The van der Waals surface area contributed by atoms with Crippen LogP contribution in [0.4, 0.5) is 4.79 Å². The molecule has 0 bridgehead atoms. The molecule has 0 saturated heterocycles. The zero-order valence-electron chi connectivity index (χ0n) is 14.2. The van der Waals surface area contributed by atoms with Gasteiger partial charge in [-0.3, -0.25) is 0 Å². The lowest BCUT2D eigenvalue weighted by Gasteiger charge is -2.21. The second-order valence-electron chi connectivity index (χ2n) is 5.33. The number of hydrogen-bond donors (Lipinski definition) is 2. The summed E-state index contributed by atoms with van der Waals surface area (Å²) < 4.78 is 33.5. The van der Waals surface area contributed by atoms with Crippen LogP contribution in [0.15, 0.2) is 40.4 Å². The summed E-state index contributed by atoms with van der Waals surface area (Å²) in [7, 11) is -3.63. The summed E-state index contributed by atoms with van der Waals surface area (Å²) in [6, 6.07) is 5.05. The van der Waals surface area contributed by atoms with Crippen molar-refractivity contribution in [2.45, 2.75) is 11.8 Å². The van der Waals surface area contributed by atoms with Gasteiger partial charge in [-0.05, 0) is 19.1 Å². The highest BCUT2D eigenvalue weighted by Gasteiger charge is 2.25. The molecule has 1 aliphatic rings. The molecular formula is C16H18N2O7S. The van der Waals surface area contributed by atoms with Crippen molar-refractivity contribution in [3.05, 3.63) is 41.1 Å². The van der Waals surface area contributed by atoms with Crippen LogP contribution in [0, 0.1) is 0 Å². The molecule has 1 aromatic rings. The second kappa shape index (κ2) is 8.00. The van der Waals surface area contributed by atoms with Crippen molar-refractivity contribution in [3.63, 3.8) is 0 Å². The first kappa shape index (κ1) is 19.4. The van der Waals surface area contributed by atoms with Crippen LogP contribution in [0.1, 0.15) is 17.3 Å². The highest BCUT2D eigenvalue weighted by Crippen LogP contribution is 2.17. The predicted octanol–water partition coefficient (Wildman–Crippen LogP) is 0.377. The summed E-state index contributed by atoms with van der Waals surface area (Å²) in [6.07, 6.45) is 0.980. The van der Waals surface area contributed by atoms with Crippen LogP contribution < -0.4 is 10.6 Å². The third-order valence-electron chi connectivity index (χ3n) is 3.43. The Morgan fingerprint density at radius 1 is 1.15 bits per heavy atom. The minimum atomic E-state index is -3.63. The first-order valence-corrected chi connectivity index (χ1v) is 9.53. The van der Waals surface area contributed by atoms with Crippen molar-refractivity contribution >= 4 is 27.8 Å². The molecule has 0 spiro atoms. The van der Waals surface area contributed by atoms with Gasteiger partial charge in [0.1, 0.15) is 6.61 Å². The number of carbonyl (C=O) groups excluding carboxylic acids is 3. The van der Waals surface area contributed by atoms with Crippen molar-refractivity contribution in [1.82, 2.24) is 10.6 Å². The molecule has 0 fully saturated rings. The summed E-state index contributed by atoms with van der Waals surface area (Å²) >= 11 is 0. The van der Waals surface area contributed by atoms with Gasteiger partial charge < -0.3 is 20.1 Å². The summed E-state index contributed by atoms with van der Waals surface area (Å²) in [6.45, 7) is 1.29. The van der Waals surface area contributed by atoms with Gasteiger partial charge in [0.05, 0.1) is 34.9 Å². The number of carbonyl (C=O) groups is 3. The Hall–Kier alpha value is -2.88. The van der Waals surface area contributed by atoms with Gasteiger partial charge in [-0.15, -0.1) is 0 Å². The number of nitrogens with one attached hydrogen (secondary N) is 2. The molecule has 1 aromatic carbocycles. The lowest BCUT2D eigenvalue weighted by atomic mass is 10.1. The zero-order chi connectivity index (χ0) is 19.3. The molecule has 2 N–H and O–H groups in total. The van der Waals surface area contributed by atoms with Gasteiger partial charge in [0, 0.05) is 6.26 Å². The zero-order valence-corrected chi connectivity index (χ0v) is 15.0. The number of rotatable bonds is 6. The van der Waals surface area contributed by atoms with Crippen LogP contribution in [-0.2, 0) is 24.1 Å². The Morgan fingerprint density at radius 3 is 2.50 bits per heavy atom. The van der Waals surface area contributed by atoms with E-state index in [2.05, 4.69) is 10.6 Å². The van der Waals surface area contributed by atoms with E-state index in [1.54, 1.807) is 6.92 Å². The van der Waals surface area contributed by atoms with E-state index in [9.17, 15) is 22.8 Å². The summed E-state index contributed by atoms with van der Waals surface area (Å²) in [5.74, 6) is -1.54. The molecule has 0 unspecified atom stereocenters. The first-order valence-electron chi connectivity index (χ1n) is 7.64. The van der Waals surface area contributed by atoms with Crippen LogP contribution in [-0.4, -0.2) is 52.4 Å². The maximum atomic E-state index is 12.3. The van der Waals surface area contributed by atoms with Gasteiger partial charge in [-0.2, -0.15) is 0 Å². The first-order chi connectivity index (χ1) is 12.2. The Bertz CT molecular complexity index is 874. The van der Waals surface area contributed by atoms with Crippen LogP contribution in [0.2, 0.25) is 0 Å². The quantitative estimate of drug-likeness (QED) is 0.681. The SMILES string of the molecule is CCOC(=O)C1=C(COC(=O)c2ccccc2S(C)(=O)=O)NC(=O)NC1. The number of hydrogen-bond acceptors (Lipinski definition) is 7. The van der Waals surface area contributed by atoms with Gasteiger partial charge in [-0.25, -0.2) is 22.8 Å². The average molecular weight is 382 g/mol. The molecule has 26 heavy (non-hydrogen) atoms. The fourth-order valence-electron chi connectivity index (χ4n) is 2.24. The number of benzene rings is 1. The van der Waals surface area contributed by atoms with Gasteiger partial charge in [-0.1, -0.05) is 12.1 Å². The summed E-state index contributed by atoms with van der Waals surface area (Å²) in [5.41, 5.74) is 0.0709. The van der Waals surface area contributed by atoms with Crippen LogP contribution in [0.5, 0.6) is 0 Å². The normalized spacial score (nSPS) is 14.3. The highest BCUT2D eigenvalue weighted by atomic mass is 32.2. The molecule has 0 atom stereocenters. The fraction of sp³-hybridized carbons (Fsp3) is 0.312. The van der Waals surface area contributed by atoms with Gasteiger partial charge in [0.15, 0.2) is 9.84 Å². The maximum absolute atomic E-state index is 12.3. The van der Waals surface area contributed by atoms with E-state index in [1.807, 2.05) is 0 Å². The molecule has 0 saturated carbocycles. The molecule has 140 valence electrons. The molecular weight excluding hydrogens is 364 g/mol. The summed E-state index contributed by atoms with van der Waals surface area (Å²) in [5, 5.41) is 4.81. The van der Waals surface area contributed by atoms with Crippen LogP contribution in [0.25, 0.3) is 0 Å². The lowest BCUT2D eigenvalue weighted by Crippen LogP contribution is -2.45. The minimum Gasteiger partial charge on any atom is -0.463 e. The third kappa shape index (κ3) is 4.60. The topological polar surface area (TPSA) is 128 Å². The maximum Gasteiger partial charge on any atom is 0.339 e. The van der Waals surface area contributed by atoms with Crippen LogP contribution >= 0.6 is 0 Å². The van der Waals surface area contributed by atoms with E-state index in [4.69, 9.17) is 9.47 Å². The molecule has 2 amide bonds. The fourth-order valence-corrected chi connectivity index (χ4v) is 3.12. The Balaban J connectivity index is 2.22. The molecule has 9 nitrogen and oxygen atoms in total. The number of ether oxygens (including phenoxy) is 2. The molecule has 10 heteroatoms. The van der Waals surface area contributed by atoms with E-state index < -0.39 is 34.4 Å². The molecule has 1 heterocycles. The van der Waals surface area contributed by atoms with Crippen molar-refractivity contribution < 1.29 is 32.3 Å². The van der Waals surface area contributed by atoms with Crippen molar-refractivity contribution in [3.8, 4) is 0 Å². The smallest absolute Gasteiger partial charge is 0.339 e. The monoisotopic (exact) mass is 382 g/mol. The van der Waals surface area contributed by atoms with Gasteiger partial charge in [0.25, 0.3) is 0 Å². The van der Waals surface area contributed by atoms with Gasteiger partial charge in [0.2, 0.25) is 0 Å². The van der Waals surface area contributed by atoms with Crippen molar-refractivity contribution in [1.29, 1.82) is 0 Å². The number of amides is 2. The average Bonchev–Trinajstić information content (AvgIpc) is 2.59. The highest BCUT2D eigenvalue weighted by molar-refractivity contribution is 7.90. The van der Waals surface area contributed by atoms with E-state index in [0.717, 1.165) is 6.26 Å². The van der Waals surface area contributed by atoms with Gasteiger partial charge >= 0.3 is 18.0 Å². The van der Waals surface area contributed by atoms with Crippen molar-refractivity contribution in [2.75, 3.05) is 26.0 Å². The minimum absolute atomic E-state index is 0.0719.